The molecule has 0 saturated carbocycles. The molecular formula is C13H16O2. The number of aryl methyl sites for hydroxylation is 1. The van der Waals surface area contributed by atoms with Crippen molar-refractivity contribution in [2.24, 2.45) is 5.92 Å². The molecule has 0 amide bonds. The highest BCUT2D eigenvalue weighted by Crippen LogP contribution is 2.26. The lowest BCUT2D eigenvalue weighted by Crippen LogP contribution is -2.15. The van der Waals surface area contributed by atoms with E-state index in [9.17, 15) is 4.79 Å². The fourth-order valence-electron chi connectivity index (χ4n) is 2.30. The molecule has 0 fully saturated rings. The second-order valence-corrected chi connectivity index (χ2v) is 4.12. The molecule has 0 bridgehead atoms. The molecule has 0 heterocycles. The Morgan fingerprint density at radius 1 is 1.33 bits per heavy atom. The van der Waals surface area contributed by atoms with Gasteiger partial charge >= 0.3 is 0 Å². The van der Waals surface area contributed by atoms with Crippen LogP contribution < -0.4 is 0 Å². The Morgan fingerprint density at radius 2 is 2.13 bits per heavy atom. The third-order valence-corrected chi connectivity index (χ3v) is 3.13. The summed E-state index contributed by atoms with van der Waals surface area (Å²) in [6.07, 6.45) is 3.55. The predicted octanol–water partition coefficient (Wildman–Crippen LogP) is 2.20. The molecular weight excluding hydrogens is 188 g/mol. The lowest BCUT2D eigenvalue weighted by atomic mass is 9.93. The third-order valence-electron chi connectivity index (χ3n) is 3.13. The van der Waals surface area contributed by atoms with E-state index in [1.54, 1.807) is 0 Å². The standard InChI is InChI=1S/C13H16O2/c14-9-8-11-6-3-5-10-4-1-2-7-12(10)13(11)15/h1-2,4,7,11,14H,3,5-6,8-9H2. The molecule has 1 atom stereocenters. The van der Waals surface area contributed by atoms with E-state index in [4.69, 9.17) is 5.11 Å². The maximum atomic E-state index is 12.1. The van der Waals surface area contributed by atoms with Gasteiger partial charge in [0.25, 0.3) is 0 Å². The second kappa shape index (κ2) is 4.58. The summed E-state index contributed by atoms with van der Waals surface area (Å²) in [5, 5.41) is 8.92. The Balaban J connectivity index is 2.30. The lowest BCUT2D eigenvalue weighted by molar-refractivity contribution is 0.0890. The highest BCUT2D eigenvalue weighted by Gasteiger charge is 2.24. The Bertz CT molecular complexity index is 357. The zero-order chi connectivity index (χ0) is 10.7. The summed E-state index contributed by atoms with van der Waals surface area (Å²) in [5.74, 6) is 0.246. The Kier molecular flexibility index (Phi) is 3.17. The van der Waals surface area contributed by atoms with Crippen molar-refractivity contribution in [1.29, 1.82) is 0 Å². The average Bonchev–Trinajstić information content (AvgIpc) is 2.41. The molecule has 15 heavy (non-hydrogen) atoms. The van der Waals surface area contributed by atoms with Crippen LogP contribution in [-0.2, 0) is 6.42 Å². The van der Waals surface area contributed by atoms with Crippen LogP contribution in [0.1, 0.15) is 35.2 Å². The highest BCUT2D eigenvalue weighted by molar-refractivity contribution is 5.99. The first-order valence-electron chi connectivity index (χ1n) is 5.56. The minimum atomic E-state index is 0.0265. The summed E-state index contributed by atoms with van der Waals surface area (Å²) in [5.41, 5.74) is 2.04. The van der Waals surface area contributed by atoms with Crippen molar-refractivity contribution in [3.05, 3.63) is 35.4 Å². The maximum Gasteiger partial charge on any atom is 0.166 e. The van der Waals surface area contributed by atoms with Gasteiger partial charge in [-0.2, -0.15) is 0 Å². The van der Waals surface area contributed by atoms with Crippen LogP contribution in [0, 0.1) is 5.92 Å². The van der Waals surface area contributed by atoms with Crippen molar-refractivity contribution < 1.29 is 9.90 Å². The molecule has 0 saturated heterocycles. The van der Waals surface area contributed by atoms with Gasteiger partial charge in [0.1, 0.15) is 0 Å². The zero-order valence-electron chi connectivity index (χ0n) is 8.78. The van der Waals surface area contributed by atoms with Gasteiger partial charge in [-0.05, 0) is 31.2 Å². The average molecular weight is 204 g/mol. The molecule has 0 aromatic heterocycles. The van der Waals surface area contributed by atoms with E-state index in [-0.39, 0.29) is 18.3 Å². The van der Waals surface area contributed by atoms with Gasteiger partial charge < -0.3 is 5.11 Å². The van der Waals surface area contributed by atoms with Gasteiger partial charge in [-0.25, -0.2) is 0 Å². The molecule has 0 spiro atoms. The quantitative estimate of drug-likeness (QED) is 0.750. The smallest absolute Gasteiger partial charge is 0.166 e. The monoisotopic (exact) mass is 204 g/mol. The van der Waals surface area contributed by atoms with Crippen molar-refractivity contribution in [3.63, 3.8) is 0 Å². The molecule has 1 aliphatic rings. The minimum Gasteiger partial charge on any atom is -0.396 e. The molecule has 1 aliphatic carbocycles. The van der Waals surface area contributed by atoms with Crippen LogP contribution in [0.25, 0.3) is 0 Å². The highest BCUT2D eigenvalue weighted by atomic mass is 16.3. The topological polar surface area (TPSA) is 37.3 Å². The van der Waals surface area contributed by atoms with E-state index in [0.717, 1.165) is 24.8 Å². The molecule has 1 aromatic carbocycles. The number of benzene rings is 1. The zero-order valence-corrected chi connectivity index (χ0v) is 8.78. The number of Topliss-reactive ketones (excluding diaryl/α,β-unsaturated/α-hetero) is 1. The van der Waals surface area contributed by atoms with E-state index in [1.165, 1.54) is 5.56 Å². The van der Waals surface area contributed by atoms with Crippen LogP contribution in [-0.4, -0.2) is 17.5 Å². The van der Waals surface area contributed by atoms with Crippen LogP contribution in [0.3, 0.4) is 0 Å². The molecule has 1 unspecified atom stereocenters. The third kappa shape index (κ3) is 2.10. The van der Waals surface area contributed by atoms with Crippen molar-refractivity contribution >= 4 is 5.78 Å². The largest absolute Gasteiger partial charge is 0.396 e. The Hall–Kier alpha value is -1.15. The molecule has 2 rings (SSSR count). The van der Waals surface area contributed by atoms with E-state index in [1.807, 2.05) is 24.3 Å². The minimum absolute atomic E-state index is 0.0265. The van der Waals surface area contributed by atoms with Crippen LogP contribution in [0.2, 0.25) is 0 Å². The van der Waals surface area contributed by atoms with E-state index in [0.29, 0.717) is 6.42 Å². The summed E-state index contributed by atoms with van der Waals surface area (Å²) >= 11 is 0. The number of hydrogen-bond donors (Lipinski definition) is 1. The first kappa shape index (κ1) is 10.4. The fraction of sp³-hybridized carbons (Fsp3) is 0.462. The number of rotatable bonds is 2. The van der Waals surface area contributed by atoms with Gasteiger partial charge in [0.2, 0.25) is 0 Å². The Labute approximate surface area is 89.9 Å². The van der Waals surface area contributed by atoms with Gasteiger partial charge in [0, 0.05) is 18.1 Å². The van der Waals surface area contributed by atoms with Crippen molar-refractivity contribution in [3.8, 4) is 0 Å². The van der Waals surface area contributed by atoms with Gasteiger partial charge in [0.15, 0.2) is 5.78 Å². The SMILES string of the molecule is O=C1c2ccccc2CCCC1CCO. The van der Waals surface area contributed by atoms with Crippen molar-refractivity contribution in [1.82, 2.24) is 0 Å². The first-order valence-corrected chi connectivity index (χ1v) is 5.56. The molecule has 1 N–H and O–H groups in total. The molecule has 2 heteroatoms. The maximum absolute atomic E-state index is 12.1. The number of hydrogen-bond acceptors (Lipinski definition) is 2. The Morgan fingerprint density at radius 3 is 2.93 bits per heavy atom. The van der Waals surface area contributed by atoms with Crippen LogP contribution >= 0.6 is 0 Å². The first-order chi connectivity index (χ1) is 7.33. The van der Waals surface area contributed by atoms with Crippen LogP contribution in [0.15, 0.2) is 24.3 Å². The van der Waals surface area contributed by atoms with Gasteiger partial charge in [-0.1, -0.05) is 24.3 Å². The number of fused-ring (bicyclic) bond motifs is 1. The second-order valence-electron chi connectivity index (χ2n) is 4.12. The number of ketones is 1. The van der Waals surface area contributed by atoms with E-state index in [2.05, 4.69) is 0 Å². The van der Waals surface area contributed by atoms with E-state index >= 15 is 0 Å². The number of aliphatic hydroxyl groups is 1. The number of carbonyl (C=O) groups is 1. The lowest BCUT2D eigenvalue weighted by Gasteiger charge is -2.11. The summed E-state index contributed by atoms with van der Waals surface area (Å²) in [6, 6.07) is 7.85. The predicted molar refractivity (Wildman–Crippen MR) is 58.9 cm³/mol. The van der Waals surface area contributed by atoms with Crippen LogP contribution in [0.5, 0.6) is 0 Å². The van der Waals surface area contributed by atoms with Gasteiger partial charge in [-0.3, -0.25) is 4.79 Å². The summed E-state index contributed by atoms with van der Waals surface area (Å²) in [6.45, 7) is 0.110. The number of carbonyl (C=O) groups excluding carboxylic acids is 1. The fourth-order valence-corrected chi connectivity index (χ4v) is 2.30. The van der Waals surface area contributed by atoms with Crippen molar-refractivity contribution in [2.75, 3.05) is 6.61 Å². The normalized spacial score (nSPS) is 20.9. The molecule has 80 valence electrons. The summed E-state index contributed by atoms with van der Waals surface area (Å²) < 4.78 is 0. The van der Waals surface area contributed by atoms with Gasteiger partial charge in [-0.15, -0.1) is 0 Å². The molecule has 2 nitrogen and oxygen atoms in total. The molecule has 0 radical (unpaired) electrons. The summed E-state index contributed by atoms with van der Waals surface area (Å²) in [4.78, 5) is 12.1. The van der Waals surface area contributed by atoms with Gasteiger partial charge in [0.05, 0.1) is 0 Å². The van der Waals surface area contributed by atoms with E-state index < -0.39 is 0 Å². The number of aliphatic hydroxyl groups excluding tert-OH is 1. The van der Waals surface area contributed by atoms with Crippen LogP contribution in [0.4, 0.5) is 0 Å². The molecule has 0 aliphatic heterocycles. The summed E-state index contributed by atoms with van der Waals surface area (Å²) in [7, 11) is 0. The molecule has 1 aromatic rings. The van der Waals surface area contributed by atoms with Crippen molar-refractivity contribution in [2.45, 2.75) is 25.7 Å².